The van der Waals surface area contributed by atoms with Crippen molar-refractivity contribution in [2.24, 2.45) is 15.2 Å². The van der Waals surface area contributed by atoms with Crippen LogP contribution in [-0.4, -0.2) is 34.8 Å². The standard InChI is InChI=1S/C22H25N3O3/c1-15-7-5-6-8-18(15)17-11-9-16(10-12-17)13-22(20(26)27,28-21(2,3)4)19-23-14-24-25-19/h5-12H,13-14H2,1-4H3,(H,26,27). The van der Waals surface area contributed by atoms with Crippen LogP contribution in [0.2, 0.25) is 0 Å². The summed E-state index contributed by atoms with van der Waals surface area (Å²) in [6.45, 7) is 7.65. The van der Waals surface area contributed by atoms with Crippen molar-refractivity contribution in [1.82, 2.24) is 0 Å². The molecule has 1 aliphatic heterocycles. The number of carbonyl (C=O) groups is 1. The molecule has 0 saturated heterocycles. The Hall–Kier alpha value is -2.86. The molecule has 0 amide bonds. The molecule has 0 fully saturated rings. The van der Waals surface area contributed by atoms with Gasteiger partial charge in [0.05, 0.1) is 5.60 Å². The molecule has 0 aromatic heterocycles. The minimum atomic E-state index is -1.68. The molecule has 28 heavy (non-hydrogen) atoms. The number of hydrogen-bond donors (Lipinski definition) is 1. The summed E-state index contributed by atoms with van der Waals surface area (Å²) in [7, 11) is 0. The molecule has 2 aromatic carbocycles. The summed E-state index contributed by atoms with van der Waals surface area (Å²) >= 11 is 0. The van der Waals surface area contributed by atoms with Crippen molar-refractivity contribution in [3.63, 3.8) is 0 Å². The molecule has 6 heteroatoms. The Morgan fingerprint density at radius 1 is 1.11 bits per heavy atom. The molecule has 3 rings (SSSR count). The molecule has 146 valence electrons. The molecular formula is C22H25N3O3. The first-order valence-electron chi connectivity index (χ1n) is 9.22. The number of hydrogen-bond acceptors (Lipinski definition) is 5. The van der Waals surface area contributed by atoms with Crippen LogP contribution in [0.3, 0.4) is 0 Å². The second-order valence-electron chi connectivity index (χ2n) is 7.90. The second-order valence-corrected chi connectivity index (χ2v) is 7.90. The Kier molecular flexibility index (Phi) is 5.42. The van der Waals surface area contributed by atoms with Crippen molar-refractivity contribution in [2.45, 2.75) is 45.3 Å². The van der Waals surface area contributed by atoms with E-state index in [-0.39, 0.29) is 18.9 Å². The topological polar surface area (TPSA) is 83.6 Å². The molecule has 1 atom stereocenters. The van der Waals surface area contributed by atoms with Gasteiger partial charge in [-0.3, -0.25) is 0 Å². The zero-order valence-corrected chi connectivity index (χ0v) is 16.6. The highest BCUT2D eigenvalue weighted by molar-refractivity contribution is 6.09. The molecule has 2 aromatic rings. The van der Waals surface area contributed by atoms with Crippen molar-refractivity contribution in [3.8, 4) is 11.1 Å². The predicted molar refractivity (Wildman–Crippen MR) is 109 cm³/mol. The van der Waals surface area contributed by atoms with Gasteiger partial charge in [-0.2, -0.15) is 5.11 Å². The van der Waals surface area contributed by atoms with E-state index < -0.39 is 17.2 Å². The largest absolute Gasteiger partial charge is 0.479 e. The van der Waals surface area contributed by atoms with Crippen molar-refractivity contribution in [1.29, 1.82) is 0 Å². The fraction of sp³-hybridized carbons (Fsp3) is 0.364. The normalized spacial score (nSPS) is 15.9. The Morgan fingerprint density at radius 2 is 1.79 bits per heavy atom. The first-order chi connectivity index (χ1) is 13.2. The van der Waals surface area contributed by atoms with Gasteiger partial charge in [-0.15, -0.1) is 5.11 Å². The Balaban J connectivity index is 1.96. The third-order valence-corrected chi connectivity index (χ3v) is 4.50. The van der Waals surface area contributed by atoms with E-state index in [2.05, 4.69) is 34.3 Å². The van der Waals surface area contributed by atoms with E-state index in [1.54, 1.807) is 0 Å². The van der Waals surface area contributed by atoms with Crippen molar-refractivity contribution in [3.05, 3.63) is 59.7 Å². The third-order valence-electron chi connectivity index (χ3n) is 4.50. The summed E-state index contributed by atoms with van der Waals surface area (Å²) < 4.78 is 6.02. The van der Waals surface area contributed by atoms with E-state index in [0.717, 1.165) is 16.7 Å². The van der Waals surface area contributed by atoms with Gasteiger partial charge in [0, 0.05) is 6.42 Å². The number of aryl methyl sites for hydroxylation is 1. The highest BCUT2D eigenvalue weighted by Crippen LogP contribution is 2.30. The molecule has 0 radical (unpaired) electrons. The summed E-state index contributed by atoms with van der Waals surface area (Å²) in [6, 6.07) is 16.0. The van der Waals surface area contributed by atoms with Gasteiger partial charge >= 0.3 is 5.97 Å². The van der Waals surface area contributed by atoms with Crippen LogP contribution in [0, 0.1) is 6.92 Å². The molecule has 0 saturated carbocycles. The van der Waals surface area contributed by atoms with Gasteiger partial charge in [0.2, 0.25) is 5.60 Å². The van der Waals surface area contributed by atoms with Crippen molar-refractivity contribution < 1.29 is 14.6 Å². The summed E-state index contributed by atoms with van der Waals surface area (Å²) in [5.41, 5.74) is 1.87. The Morgan fingerprint density at radius 3 is 2.32 bits per heavy atom. The van der Waals surface area contributed by atoms with Crippen LogP contribution in [0.25, 0.3) is 11.1 Å². The second kappa shape index (κ2) is 7.64. The molecule has 1 unspecified atom stereocenters. The highest BCUT2D eigenvalue weighted by Gasteiger charge is 2.49. The molecule has 1 aliphatic rings. The van der Waals surface area contributed by atoms with Gasteiger partial charge in [-0.25, -0.2) is 9.79 Å². The molecule has 0 bridgehead atoms. The van der Waals surface area contributed by atoms with Gasteiger partial charge in [-0.05, 0) is 49.9 Å². The lowest BCUT2D eigenvalue weighted by atomic mass is 9.90. The van der Waals surface area contributed by atoms with Crippen LogP contribution >= 0.6 is 0 Å². The van der Waals surface area contributed by atoms with Crippen molar-refractivity contribution in [2.75, 3.05) is 6.67 Å². The number of benzene rings is 2. The minimum absolute atomic E-state index is 0.109. The molecule has 6 nitrogen and oxygen atoms in total. The minimum Gasteiger partial charge on any atom is -0.479 e. The van der Waals surface area contributed by atoms with Gasteiger partial charge in [0.25, 0.3) is 0 Å². The Bertz CT molecular complexity index is 927. The van der Waals surface area contributed by atoms with Crippen LogP contribution in [0.4, 0.5) is 0 Å². The summed E-state index contributed by atoms with van der Waals surface area (Å²) in [6.07, 6.45) is 0.117. The predicted octanol–water partition coefficient (Wildman–Crippen LogP) is 4.66. The summed E-state index contributed by atoms with van der Waals surface area (Å²) in [5, 5.41) is 17.9. The average molecular weight is 379 g/mol. The van der Waals surface area contributed by atoms with E-state index in [9.17, 15) is 9.90 Å². The first kappa shape index (κ1) is 19.9. The van der Waals surface area contributed by atoms with Crippen LogP contribution in [0.5, 0.6) is 0 Å². The monoisotopic (exact) mass is 379 g/mol. The van der Waals surface area contributed by atoms with Gasteiger partial charge in [-0.1, -0.05) is 48.5 Å². The van der Waals surface area contributed by atoms with E-state index >= 15 is 0 Å². The molecule has 1 N–H and O–H groups in total. The number of azo groups is 1. The van der Waals surface area contributed by atoms with E-state index in [4.69, 9.17) is 4.74 Å². The van der Waals surface area contributed by atoms with Crippen LogP contribution in [-0.2, 0) is 16.0 Å². The van der Waals surface area contributed by atoms with E-state index in [1.165, 1.54) is 5.56 Å². The zero-order chi connectivity index (χ0) is 20.4. The quantitative estimate of drug-likeness (QED) is 0.792. The Labute approximate surface area is 165 Å². The lowest BCUT2D eigenvalue weighted by Gasteiger charge is -2.34. The molecule has 1 heterocycles. The summed E-state index contributed by atoms with van der Waals surface area (Å²) in [4.78, 5) is 16.5. The maximum Gasteiger partial charge on any atom is 0.344 e. The fourth-order valence-electron chi connectivity index (χ4n) is 3.32. The van der Waals surface area contributed by atoms with E-state index in [0.29, 0.717) is 0 Å². The van der Waals surface area contributed by atoms with Gasteiger partial charge < -0.3 is 9.84 Å². The molecule has 0 spiro atoms. The third kappa shape index (κ3) is 4.17. The zero-order valence-electron chi connectivity index (χ0n) is 16.6. The van der Waals surface area contributed by atoms with Crippen LogP contribution in [0.15, 0.2) is 63.8 Å². The number of carboxylic acid groups (broad SMARTS) is 1. The number of aliphatic imine (C=N–C) groups is 1. The highest BCUT2D eigenvalue weighted by atomic mass is 16.5. The number of carboxylic acids is 1. The fourth-order valence-corrected chi connectivity index (χ4v) is 3.32. The van der Waals surface area contributed by atoms with E-state index in [1.807, 2.05) is 57.2 Å². The maximum atomic E-state index is 12.3. The van der Waals surface area contributed by atoms with Crippen molar-refractivity contribution >= 4 is 11.8 Å². The lowest BCUT2D eigenvalue weighted by molar-refractivity contribution is -0.170. The summed E-state index contributed by atoms with van der Waals surface area (Å²) in [5.74, 6) is -1.01. The number of amidine groups is 1. The molecular weight excluding hydrogens is 354 g/mol. The molecule has 0 aliphatic carbocycles. The number of ether oxygens (including phenoxy) is 1. The number of rotatable bonds is 6. The first-order valence-corrected chi connectivity index (χ1v) is 9.22. The van der Waals surface area contributed by atoms with Gasteiger partial charge in [0.15, 0.2) is 12.5 Å². The maximum absolute atomic E-state index is 12.3. The van der Waals surface area contributed by atoms with Gasteiger partial charge in [0.1, 0.15) is 0 Å². The van der Waals surface area contributed by atoms with Crippen LogP contribution < -0.4 is 0 Å². The SMILES string of the molecule is Cc1ccccc1-c1ccc(CC(OC(C)(C)C)(C(=O)O)C2=NCN=N2)cc1. The number of aliphatic carboxylic acids is 1. The van der Waals surface area contributed by atoms with Crippen LogP contribution in [0.1, 0.15) is 31.9 Å². The lowest BCUT2D eigenvalue weighted by Crippen LogP contribution is -2.53. The smallest absolute Gasteiger partial charge is 0.344 e. The average Bonchev–Trinajstić information content (AvgIpc) is 3.16. The number of nitrogens with zero attached hydrogens (tertiary/aromatic N) is 3.